The summed E-state index contributed by atoms with van der Waals surface area (Å²) < 4.78 is 65.0. The van der Waals surface area contributed by atoms with Crippen molar-refractivity contribution in [2.24, 2.45) is 11.7 Å². The molecule has 116 valence electrons. The van der Waals surface area contributed by atoms with E-state index in [4.69, 9.17) is 5.73 Å². The number of rotatable bonds is 3. The molecule has 1 saturated heterocycles. The van der Waals surface area contributed by atoms with Gasteiger partial charge in [0.05, 0.1) is 0 Å². The van der Waals surface area contributed by atoms with Crippen LogP contribution in [0.4, 0.5) is 13.2 Å². The predicted molar refractivity (Wildman–Crippen MR) is 67.0 cm³/mol. The Kier molecular flexibility index (Phi) is 4.24. The predicted octanol–water partition coefficient (Wildman–Crippen LogP) is 0.990. The van der Waals surface area contributed by atoms with Crippen LogP contribution in [0.2, 0.25) is 0 Å². The Morgan fingerprint density at radius 3 is 2.24 bits per heavy atom. The molecule has 0 atom stereocenters. The third kappa shape index (κ3) is 2.88. The molecule has 5 nitrogen and oxygen atoms in total. The Hall–Kier alpha value is -1.61. The lowest BCUT2D eigenvalue weighted by atomic mass is 9.98. The number of primary amides is 1. The number of hydrogen-bond donors (Lipinski definition) is 1. The van der Waals surface area contributed by atoms with E-state index in [-0.39, 0.29) is 25.9 Å². The van der Waals surface area contributed by atoms with E-state index in [0.717, 1.165) is 4.31 Å². The molecule has 1 aliphatic heterocycles. The summed E-state index contributed by atoms with van der Waals surface area (Å²) in [5, 5.41) is 0. The third-order valence-corrected chi connectivity index (χ3v) is 5.39. The summed E-state index contributed by atoms with van der Waals surface area (Å²) in [4.78, 5) is 10.1. The van der Waals surface area contributed by atoms with Gasteiger partial charge >= 0.3 is 0 Å². The van der Waals surface area contributed by atoms with Gasteiger partial charge in [-0.05, 0) is 25.0 Å². The lowest BCUT2D eigenvalue weighted by molar-refractivity contribution is -0.122. The van der Waals surface area contributed by atoms with Gasteiger partial charge in [-0.3, -0.25) is 4.79 Å². The van der Waals surface area contributed by atoms with Crippen molar-refractivity contribution in [1.82, 2.24) is 4.31 Å². The molecule has 0 aliphatic carbocycles. The summed E-state index contributed by atoms with van der Waals surface area (Å²) in [6, 6.07) is 1.24. The fraction of sp³-hybridized carbons (Fsp3) is 0.417. The van der Waals surface area contributed by atoms with Gasteiger partial charge in [-0.15, -0.1) is 0 Å². The van der Waals surface area contributed by atoms with Crippen LogP contribution >= 0.6 is 0 Å². The third-order valence-electron chi connectivity index (χ3n) is 3.47. The van der Waals surface area contributed by atoms with Gasteiger partial charge in [0.15, 0.2) is 17.5 Å². The van der Waals surface area contributed by atoms with E-state index in [1.54, 1.807) is 0 Å². The summed E-state index contributed by atoms with van der Waals surface area (Å²) in [6.07, 6.45) is 0.416. The molecule has 0 radical (unpaired) electrons. The van der Waals surface area contributed by atoms with Crippen molar-refractivity contribution in [2.45, 2.75) is 17.7 Å². The molecule has 1 heterocycles. The minimum atomic E-state index is -4.28. The van der Waals surface area contributed by atoms with Crippen LogP contribution in [0, 0.1) is 23.4 Å². The summed E-state index contributed by atoms with van der Waals surface area (Å²) >= 11 is 0. The first kappa shape index (κ1) is 15.8. The normalized spacial score (nSPS) is 17.9. The molecule has 1 aromatic rings. The van der Waals surface area contributed by atoms with Gasteiger partial charge in [0.2, 0.25) is 15.9 Å². The van der Waals surface area contributed by atoms with Crippen molar-refractivity contribution in [1.29, 1.82) is 0 Å². The van der Waals surface area contributed by atoms with Crippen LogP contribution in [0.3, 0.4) is 0 Å². The van der Waals surface area contributed by atoms with Crippen molar-refractivity contribution in [2.75, 3.05) is 13.1 Å². The lowest BCUT2D eigenvalue weighted by Crippen LogP contribution is -2.42. The van der Waals surface area contributed by atoms with Crippen LogP contribution in [-0.2, 0) is 14.8 Å². The number of hydrogen-bond acceptors (Lipinski definition) is 3. The van der Waals surface area contributed by atoms with Gasteiger partial charge in [-0.2, -0.15) is 4.31 Å². The van der Waals surface area contributed by atoms with Crippen molar-refractivity contribution in [3.05, 3.63) is 29.6 Å². The minimum Gasteiger partial charge on any atom is -0.369 e. The maximum absolute atomic E-state index is 13.6. The number of benzene rings is 1. The Bertz CT molecular complexity index is 671. The van der Waals surface area contributed by atoms with Crippen LogP contribution in [0.15, 0.2) is 17.0 Å². The molecule has 1 fully saturated rings. The van der Waals surface area contributed by atoms with Crippen molar-refractivity contribution >= 4 is 15.9 Å². The SMILES string of the molecule is NC(=O)C1CCN(S(=O)(=O)c2ccc(F)c(F)c2F)CC1. The van der Waals surface area contributed by atoms with Gasteiger partial charge in [0.1, 0.15) is 4.90 Å². The number of nitrogens with zero attached hydrogens (tertiary/aromatic N) is 1. The molecule has 1 aliphatic rings. The fourth-order valence-electron chi connectivity index (χ4n) is 2.23. The average molecular weight is 322 g/mol. The molecule has 1 amide bonds. The smallest absolute Gasteiger partial charge is 0.246 e. The number of carbonyl (C=O) groups excluding carboxylic acids is 1. The summed E-state index contributed by atoms with van der Waals surface area (Å²) in [7, 11) is -4.28. The molecule has 1 aromatic carbocycles. The quantitative estimate of drug-likeness (QED) is 0.843. The molecule has 0 saturated carbocycles. The zero-order valence-electron chi connectivity index (χ0n) is 10.9. The number of nitrogens with two attached hydrogens (primary N) is 1. The highest BCUT2D eigenvalue weighted by Gasteiger charge is 2.34. The summed E-state index contributed by atoms with van der Waals surface area (Å²) in [5.74, 6) is -5.99. The molecular weight excluding hydrogens is 309 g/mol. The number of sulfonamides is 1. The maximum Gasteiger partial charge on any atom is 0.246 e. The van der Waals surface area contributed by atoms with Gasteiger partial charge in [0, 0.05) is 19.0 Å². The van der Waals surface area contributed by atoms with Gasteiger partial charge in [-0.25, -0.2) is 21.6 Å². The molecule has 0 aromatic heterocycles. The van der Waals surface area contributed by atoms with E-state index in [2.05, 4.69) is 0 Å². The highest BCUT2D eigenvalue weighted by atomic mass is 32.2. The molecule has 0 unspecified atom stereocenters. The highest BCUT2D eigenvalue weighted by Crippen LogP contribution is 2.26. The standard InChI is InChI=1S/C12H13F3N2O3S/c13-8-1-2-9(11(15)10(8)14)21(19,20)17-5-3-7(4-6-17)12(16)18/h1-2,7H,3-6H2,(H2,16,18). The van der Waals surface area contributed by atoms with E-state index in [1.807, 2.05) is 0 Å². The zero-order chi connectivity index (χ0) is 15.8. The van der Waals surface area contributed by atoms with E-state index < -0.39 is 44.2 Å². The second-order valence-electron chi connectivity index (χ2n) is 4.75. The Labute approximate surface area is 119 Å². The molecule has 2 rings (SSSR count). The second-order valence-corrected chi connectivity index (χ2v) is 6.66. The van der Waals surface area contributed by atoms with E-state index in [9.17, 15) is 26.4 Å². The first-order valence-electron chi connectivity index (χ1n) is 6.18. The molecular formula is C12H13F3N2O3S. The Morgan fingerprint density at radius 1 is 1.14 bits per heavy atom. The monoisotopic (exact) mass is 322 g/mol. The van der Waals surface area contributed by atoms with Crippen LogP contribution < -0.4 is 5.73 Å². The van der Waals surface area contributed by atoms with Crippen molar-refractivity contribution in [3.63, 3.8) is 0 Å². The molecule has 0 spiro atoms. The van der Waals surface area contributed by atoms with Gasteiger partial charge < -0.3 is 5.73 Å². The number of carbonyl (C=O) groups is 1. The molecule has 9 heteroatoms. The topological polar surface area (TPSA) is 80.5 Å². The van der Waals surface area contributed by atoms with Crippen LogP contribution in [0.25, 0.3) is 0 Å². The van der Waals surface area contributed by atoms with E-state index in [0.29, 0.717) is 12.1 Å². The maximum atomic E-state index is 13.6. The van der Waals surface area contributed by atoms with Crippen LogP contribution in [-0.4, -0.2) is 31.7 Å². The van der Waals surface area contributed by atoms with E-state index in [1.165, 1.54) is 0 Å². The Balaban J connectivity index is 2.28. The van der Waals surface area contributed by atoms with Crippen molar-refractivity contribution in [3.8, 4) is 0 Å². The van der Waals surface area contributed by atoms with Gasteiger partial charge in [0.25, 0.3) is 0 Å². The minimum absolute atomic E-state index is 0.0334. The first-order chi connectivity index (χ1) is 9.75. The fourth-order valence-corrected chi connectivity index (χ4v) is 3.75. The second kappa shape index (κ2) is 5.64. The summed E-state index contributed by atoms with van der Waals surface area (Å²) in [6.45, 7) is -0.0667. The molecule has 21 heavy (non-hydrogen) atoms. The highest BCUT2D eigenvalue weighted by molar-refractivity contribution is 7.89. The lowest BCUT2D eigenvalue weighted by Gasteiger charge is -2.29. The van der Waals surface area contributed by atoms with E-state index >= 15 is 0 Å². The summed E-state index contributed by atoms with van der Waals surface area (Å²) in [5.41, 5.74) is 5.14. The number of piperidine rings is 1. The zero-order valence-corrected chi connectivity index (χ0v) is 11.7. The van der Waals surface area contributed by atoms with Crippen molar-refractivity contribution < 1.29 is 26.4 Å². The van der Waals surface area contributed by atoms with Gasteiger partial charge in [-0.1, -0.05) is 0 Å². The average Bonchev–Trinajstić information content (AvgIpc) is 2.44. The molecule has 0 bridgehead atoms. The van der Waals surface area contributed by atoms with Crippen LogP contribution in [0.1, 0.15) is 12.8 Å². The largest absolute Gasteiger partial charge is 0.369 e. The number of amides is 1. The number of halogens is 3. The van der Waals surface area contributed by atoms with Crippen LogP contribution in [0.5, 0.6) is 0 Å². The molecule has 2 N–H and O–H groups in total. The first-order valence-corrected chi connectivity index (χ1v) is 7.62. The Morgan fingerprint density at radius 2 is 1.71 bits per heavy atom.